The lowest BCUT2D eigenvalue weighted by Crippen LogP contribution is -2.19. The normalized spacial score (nSPS) is 14.3. The summed E-state index contributed by atoms with van der Waals surface area (Å²) in [5, 5.41) is 9.05. The third kappa shape index (κ3) is 3.53. The van der Waals surface area contributed by atoms with Gasteiger partial charge in [0.1, 0.15) is 0 Å². The zero-order valence-electron chi connectivity index (χ0n) is 8.39. The molecule has 82 valence electrons. The third-order valence-corrected chi connectivity index (χ3v) is 2.60. The highest BCUT2D eigenvalue weighted by atomic mass is 35.5. The van der Waals surface area contributed by atoms with Gasteiger partial charge in [-0.2, -0.15) is 0 Å². The quantitative estimate of drug-likeness (QED) is 0.632. The van der Waals surface area contributed by atoms with Crippen LogP contribution < -0.4 is 0 Å². The fraction of sp³-hybridized carbons (Fsp3) is 0.364. The van der Waals surface area contributed by atoms with Crippen LogP contribution in [0.3, 0.4) is 0 Å². The molecule has 1 rings (SSSR count). The smallest absolute Gasteiger partial charge is 0.308 e. The summed E-state index contributed by atoms with van der Waals surface area (Å²) in [6.45, 7) is 0. The van der Waals surface area contributed by atoms with E-state index in [0.717, 1.165) is 5.56 Å². The minimum atomic E-state index is -0.929. The van der Waals surface area contributed by atoms with Crippen LogP contribution >= 0.6 is 11.6 Å². The molecule has 0 bridgehead atoms. The van der Waals surface area contributed by atoms with Gasteiger partial charge in [-0.3, -0.25) is 4.79 Å². The van der Waals surface area contributed by atoms with Crippen molar-refractivity contribution in [1.82, 2.24) is 0 Å². The van der Waals surface area contributed by atoms with Crippen molar-refractivity contribution in [3.05, 3.63) is 35.9 Å². The van der Waals surface area contributed by atoms with Crippen LogP contribution in [0.2, 0.25) is 0 Å². The summed E-state index contributed by atoms with van der Waals surface area (Å²) < 4.78 is 4.45. The molecule has 2 atom stereocenters. The summed E-state index contributed by atoms with van der Waals surface area (Å²) in [4.78, 5) is 10.9. The second-order valence-electron chi connectivity index (χ2n) is 3.16. The molecular formula is C11H13ClO3. The monoisotopic (exact) mass is 228 g/mol. The Balaban J connectivity index is 2.61. The van der Waals surface area contributed by atoms with Gasteiger partial charge in [0.25, 0.3) is 0 Å². The molecular weight excluding hydrogens is 216 g/mol. The molecule has 1 aromatic carbocycles. The van der Waals surface area contributed by atoms with Gasteiger partial charge in [-0.1, -0.05) is 30.3 Å². The van der Waals surface area contributed by atoms with E-state index in [1.54, 1.807) is 12.1 Å². The number of hydrogen-bond donors (Lipinski definition) is 1. The topological polar surface area (TPSA) is 46.5 Å². The minimum Gasteiger partial charge on any atom is -0.469 e. The predicted octanol–water partition coefficient (Wildman–Crippen LogP) is 1.89. The summed E-state index contributed by atoms with van der Waals surface area (Å²) >= 11 is 6.00. The van der Waals surface area contributed by atoms with E-state index >= 15 is 0 Å². The molecule has 0 saturated heterocycles. The Morgan fingerprint density at radius 1 is 1.47 bits per heavy atom. The largest absolute Gasteiger partial charge is 0.469 e. The van der Waals surface area contributed by atoms with Gasteiger partial charge in [-0.25, -0.2) is 0 Å². The Morgan fingerprint density at radius 3 is 2.60 bits per heavy atom. The van der Waals surface area contributed by atoms with E-state index in [4.69, 9.17) is 11.6 Å². The molecule has 0 fully saturated rings. The third-order valence-electron chi connectivity index (χ3n) is 2.06. The van der Waals surface area contributed by atoms with Crippen molar-refractivity contribution in [2.45, 2.75) is 17.9 Å². The minimum absolute atomic E-state index is 0.0977. The first-order chi connectivity index (χ1) is 7.15. The number of esters is 1. The summed E-state index contributed by atoms with van der Waals surface area (Å²) in [5.74, 6) is -0.468. The first kappa shape index (κ1) is 12.0. The molecule has 0 aliphatic rings. The molecule has 4 heteroatoms. The lowest BCUT2D eigenvalue weighted by molar-refractivity contribution is -0.142. The van der Waals surface area contributed by atoms with Gasteiger partial charge in [0, 0.05) is 0 Å². The van der Waals surface area contributed by atoms with Gasteiger partial charge in [0.05, 0.1) is 25.0 Å². The predicted molar refractivity (Wildman–Crippen MR) is 57.7 cm³/mol. The van der Waals surface area contributed by atoms with Gasteiger partial charge < -0.3 is 9.84 Å². The van der Waals surface area contributed by atoms with E-state index in [1.165, 1.54) is 7.11 Å². The first-order valence-corrected chi connectivity index (χ1v) is 5.02. The van der Waals surface area contributed by atoms with Crippen LogP contribution in [-0.4, -0.2) is 24.3 Å². The number of hydrogen-bond acceptors (Lipinski definition) is 3. The van der Waals surface area contributed by atoms with Crippen LogP contribution in [0.25, 0.3) is 0 Å². The SMILES string of the molecule is COC(=O)C[C@H](O)[C@@H](Cl)c1ccccc1. The number of halogens is 1. The maximum absolute atomic E-state index is 10.9. The van der Waals surface area contributed by atoms with Gasteiger partial charge in [-0.05, 0) is 5.56 Å². The molecule has 0 aromatic heterocycles. The van der Waals surface area contributed by atoms with Gasteiger partial charge in [0.15, 0.2) is 0 Å². The maximum Gasteiger partial charge on any atom is 0.308 e. The summed E-state index contributed by atoms with van der Waals surface area (Å²) in [6, 6.07) is 9.13. The second kappa shape index (κ2) is 5.73. The van der Waals surface area contributed by atoms with Crippen molar-refractivity contribution in [3.8, 4) is 0 Å². The Kier molecular flexibility index (Phi) is 4.59. The molecule has 0 radical (unpaired) electrons. The molecule has 1 N–H and O–H groups in total. The van der Waals surface area contributed by atoms with Crippen LogP contribution in [0.4, 0.5) is 0 Å². The molecule has 15 heavy (non-hydrogen) atoms. The van der Waals surface area contributed by atoms with E-state index in [-0.39, 0.29) is 6.42 Å². The van der Waals surface area contributed by atoms with Crippen molar-refractivity contribution >= 4 is 17.6 Å². The van der Waals surface area contributed by atoms with Crippen LogP contribution in [0.5, 0.6) is 0 Å². The van der Waals surface area contributed by atoms with E-state index in [0.29, 0.717) is 0 Å². The number of carbonyl (C=O) groups is 1. The molecule has 0 spiro atoms. The summed E-state index contributed by atoms with van der Waals surface area (Å²) in [6.07, 6.45) is -1.03. The highest BCUT2D eigenvalue weighted by molar-refractivity contribution is 6.21. The first-order valence-electron chi connectivity index (χ1n) is 4.59. The zero-order chi connectivity index (χ0) is 11.3. The summed E-state index contributed by atoms with van der Waals surface area (Å²) in [5.41, 5.74) is 0.788. The number of rotatable bonds is 4. The van der Waals surface area contributed by atoms with E-state index in [2.05, 4.69) is 4.74 Å². The average molecular weight is 229 g/mol. The van der Waals surface area contributed by atoms with Crippen molar-refractivity contribution in [1.29, 1.82) is 0 Å². The van der Waals surface area contributed by atoms with Crippen LogP contribution in [-0.2, 0) is 9.53 Å². The number of aliphatic hydroxyl groups excluding tert-OH is 1. The van der Waals surface area contributed by atoms with Crippen molar-refractivity contribution in [2.75, 3.05) is 7.11 Å². The fourth-order valence-electron chi connectivity index (χ4n) is 1.22. The zero-order valence-corrected chi connectivity index (χ0v) is 9.15. The van der Waals surface area contributed by atoms with Gasteiger partial charge >= 0.3 is 5.97 Å². The highest BCUT2D eigenvalue weighted by Crippen LogP contribution is 2.25. The Labute approximate surface area is 93.6 Å². The van der Waals surface area contributed by atoms with Crippen LogP contribution in [0.1, 0.15) is 17.4 Å². The lowest BCUT2D eigenvalue weighted by Gasteiger charge is -2.15. The Hall–Kier alpha value is -1.06. The van der Waals surface area contributed by atoms with Crippen molar-refractivity contribution in [3.63, 3.8) is 0 Å². The molecule has 0 unspecified atom stereocenters. The molecule has 0 aliphatic heterocycles. The Bertz CT molecular complexity index is 313. The van der Waals surface area contributed by atoms with E-state index in [9.17, 15) is 9.90 Å². The molecule has 0 heterocycles. The van der Waals surface area contributed by atoms with Crippen LogP contribution in [0, 0.1) is 0 Å². The molecule has 0 amide bonds. The summed E-state index contributed by atoms with van der Waals surface area (Å²) in [7, 11) is 1.28. The number of aliphatic hydroxyl groups is 1. The average Bonchev–Trinajstić information content (AvgIpc) is 2.29. The standard InChI is InChI=1S/C11H13ClO3/c1-15-10(14)7-9(13)11(12)8-5-3-2-4-6-8/h2-6,9,11,13H,7H2,1H3/t9-,11-/m0/s1. The van der Waals surface area contributed by atoms with Crippen molar-refractivity contribution < 1.29 is 14.6 Å². The van der Waals surface area contributed by atoms with Crippen LogP contribution in [0.15, 0.2) is 30.3 Å². The fourth-order valence-corrected chi connectivity index (χ4v) is 1.45. The Morgan fingerprint density at radius 2 is 2.07 bits per heavy atom. The number of ether oxygens (including phenoxy) is 1. The number of alkyl halides is 1. The highest BCUT2D eigenvalue weighted by Gasteiger charge is 2.21. The molecule has 3 nitrogen and oxygen atoms in total. The second-order valence-corrected chi connectivity index (χ2v) is 3.63. The van der Waals surface area contributed by atoms with E-state index < -0.39 is 17.5 Å². The lowest BCUT2D eigenvalue weighted by atomic mass is 10.1. The maximum atomic E-state index is 10.9. The number of carbonyl (C=O) groups excluding carboxylic acids is 1. The van der Waals surface area contributed by atoms with Crippen molar-refractivity contribution in [2.24, 2.45) is 0 Å². The molecule has 1 aromatic rings. The number of methoxy groups -OCH3 is 1. The number of benzene rings is 1. The molecule has 0 saturated carbocycles. The van der Waals surface area contributed by atoms with Gasteiger partial charge in [0.2, 0.25) is 0 Å². The van der Waals surface area contributed by atoms with Gasteiger partial charge in [-0.15, -0.1) is 11.6 Å². The van der Waals surface area contributed by atoms with E-state index in [1.807, 2.05) is 18.2 Å². The molecule has 0 aliphatic carbocycles.